The molecule has 0 bridgehead atoms. The Kier molecular flexibility index (Phi) is 3.39. The zero-order chi connectivity index (χ0) is 16.0. The number of hydrogen-bond acceptors (Lipinski definition) is 5. The van der Waals surface area contributed by atoms with E-state index in [9.17, 15) is 4.79 Å². The smallest absolute Gasteiger partial charge is 0.352 e. The minimum atomic E-state index is -0.162. The SMILES string of the molecule is C[C@H]1CN(Cn2nc3c4ccccc4ncn3c2=O)C[C@H](C)O1. The van der Waals surface area contributed by atoms with E-state index in [0.29, 0.717) is 12.3 Å². The number of fused-ring (bicyclic) bond motifs is 3. The molecular formula is C16H19N5O2. The molecular weight excluding hydrogens is 294 g/mol. The van der Waals surface area contributed by atoms with Gasteiger partial charge in [-0.1, -0.05) is 12.1 Å². The van der Waals surface area contributed by atoms with Gasteiger partial charge in [-0.2, -0.15) is 4.68 Å². The molecule has 7 heteroatoms. The van der Waals surface area contributed by atoms with Crippen molar-refractivity contribution < 1.29 is 4.74 Å². The summed E-state index contributed by atoms with van der Waals surface area (Å²) in [5.74, 6) is 0. The van der Waals surface area contributed by atoms with Crippen molar-refractivity contribution >= 4 is 16.6 Å². The predicted molar refractivity (Wildman–Crippen MR) is 86.3 cm³/mol. The van der Waals surface area contributed by atoms with Gasteiger partial charge >= 0.3 is 5.69 Å². The number of benzene rings is 1. The fourth-order valence-corrected chi connectivity index (χ4v) is 3.28. The Morgan fingerprint density at radius 3 is 2.74 bits per heavy atom. The third-order valence-electron chi connectivity index (χ3n) is 4.16. The highest BCUT2D eigenvalue weighted by molar-refractivity contribution is 5.90. The van der Waals surface area contributed by atoms with E-state index in [1.165, 1.54) is 9.08 Å². The molecule has 23 heavy (non-hydrogen) atoms. The number of hydrogen-bond donors (Lipinski definition) is 0. The van der Waals surface area contributed by atoms with Crippen LogP contribution in [0, 0.1) is 0 Å². The highest BCUT2D eigenvalue weighted by Crippen LogP contribution is 2.15. The van der Waals surface area contributed by atoms with Gasteiger partial charge < -0.3 is 4.74 Å². The highest BCUT2D eigenvalue weighted by Gasteiger charge is 2.23. The fourth-order valence-electron chi connectivity index (χ4n) is 3.28. The van der Waals surface area contributed by atoms with Crippen molar-refractivity contribution in [1.82, 2.24) is 24.1 Å². The normalized spacial score (nSPS) is 22.9. The first kappa shape index (κ1) is 14.3. The molecule has 0 spiro atoms. The minimum Gasteiger partial charge on any atom is -0.373 e. The lowest BCUT2D eigenvalue weighted by Crippen LogP contribution is -2.47. The van der Waals surface area contributed by atoms with E-state index in [0.717, 1.165) is 24.0 Å². The maximum atomic E-state index is 12.6. The Bertz CT molecular complexity index is 906. The molecule has 2 aromatic heterocycles. The maximum absolute atomic E-state index is 12.6. The van der Waals surface area contributed by atoms with E-state index in [2.05, 4.69) is 15.0 Å². The molecule has 0 N–H and O–H groups in total. The summed E-state index contributed by atoms with van der Waals surface area (Å²) in [5, 5.41) is 5.41. The highest BCUT2D eigenvalue weighted by atomic mass is 16.5. The summed E-state index contributed by atoms with van der Waals surface area (Å²) < 4.78 is 8.75. The monoisotopic (exact) mass is 313 g/mol. The first-order valence-corrected chi connectivity index (χ1v) is 7.82. The fraction of sp³-hybridized carbons (Fsp3) is 0.438. The molecule has 0 aliphatic carbocycles. The number of morpholine rings is 1. The van der Waals surface area contributed by atoms with Crippen molar-refractivity contribution in [3.63, 3.8) is 0 Å². The van der Waals surface area contributed by atoms with E-state index < -0.39 is 0 Å². The maximum Gasteiger partial charge on any atom is 0.352 e. The van der Waals surface area contributed by atoms with Crippen LogP contribution in [0.4, 0.5) is 0 Å². The average Bonchev–Trinajstić information content (AvgIpc) is 2.83. The lowest BCUT2D eigenvalue weighted by molar-refractivity contribution is -0.0778. The quantitative estimate of drug-likeness (QED) is 0.709. The van der Waals surface area contributed by atoms with Gasteiger partial charge in [0.05, 0.1) is 24.4 Å². The van der Waals surface area contributed by atoms with E-state index in [1.54, 1.807) is 6.33 Å². The van der Waals surface area contributed by atoms with Crippen LogP contribution < -0.4 is 5.69 Å². The summed E-state index contributed by atoms with van der Waals surface area (Å²) in [6, 6.07) is 7.72. The van der Waals surface area contributed by atoms with E-state index in [4.69, 9.17) is 4.74 Å². The van der Waals surface area contributed by atoms with Gasteiger partial charge in [-0.15, -0.1) is 5.10 Å². The second kappa shape index (κ2) is 5.43. The largest absolute Gasteiger partial charge is 0.373 e. The van der Waals surface area contributed by atoms with Crippen LogP contribution in [0.1, 0.15) is 13.8 Å². The zero-order valence-corrected chi connectivity index (χ0v) is 13.2. The standard InChI is InChI=1S/C16H19N5O2/c1-11-7-19(8-12(2)23-11)10-21-16(22)20-9-17-14-6-4-3-5-13(14)15(20)18-21/h3-6,9,11-12H,7-8,10H2,1-2H3/t11-,12-/m0/s1. The van der Waals surface area contributed by atoms with Crippen LogP contribution in [0.15, 0.2) is 35.4 Å². The van der Waals surface area contributed by atoms with Crippen LogP contribution in [-0.4, -0.2) is 49.4 Å². The van der Waals surface area contributed by atoms with Crippen molar-refractivity contribution in [3.8, 4) is 0 Å². The van der Waals surface area contributed by atoms with Gasteiger partial charge in [-0.3, -0.25) is 4.90 Å². The Labute approximate surface area is 133 Å². The van der Waals surface area contributed by atoms with Gasteiger partial charge in [0.25, 0.3) is 0 Å². The van der Waals surface area contributed by atoms with E-state index in [-0.39, 0.29) is 17.9 Å². The van der Waals surface area contributed by atoms with E-state index in [1.807, 2.05) is 38.1 Å². The van der Waals surface area contributed by atoms with Crippen molar-refractivity contribution in [2.75, 3.05) is 13.1 Å². The molecule has 3 aromatic rings. The second-order valence-corrected chi connectivity index (χ2v) is 6.17. The minimum absolute atomic E-state index is 0.161. The molecule has 3 heterocycles. The summed E-state index contributed by atoms with van der Waals surface area (Å²) in [4.78, 5) is 19.1. The number of rotatable bonds is 2. The molecule has 4 rings (SSSR count). The molecule has 1 saturated heterocycles. The molecule has 1 aliphatic heterocycles. The van der Waals surface area contributed by atoms with Gasteiger partial charge in [0.2, 0.25) is 0 Å². The van der Waals surface area contributed by atoms with E-state index >= 15 is 0 Å². The topological polar surface area (TPSA) is 64.7 Å². The van der Waals surface area contributed by atoms with Crippen LogP contribution in [0.3, 0.4) is 0 Å². The van der Waals surface area contributed by atoms with Crippen LogP contribution in [-0.2, 0) is 11.4 Å². The number of para-hydroxylation sites is 1. The van der Waals surface area contributed by atoms with Crippen molar-refractivity contribution in [2.45, 2.75) is 32.7 Å². The molecule has 7 nitrogen and oxygen atoms in total. The summed E-state index contributed by atoms with van der Waals surface area (Å²) in [6.07, 6.45) is 1.87. The predicted octanol–water partition coefficient (Wildman–Crippen LogP) is 1.11. The van der Waals surface area contributed by atoms with Gasteiger partial charge in [0, 0.05) is 18.5 Å². The second-order valence-electron chi connectivity index (χ2n) is 6.17. The third-order valence-corrected chi connectivity index (χ3v) is 4.16. The average molecular weight is 313 g/mol. The molecule has 2 atom stereocenters. The molecule has 120 valence electrons. The number of aromatic nitrogens is 4. The number of ether oxygens (including phenoxy) is 1. The van der Waals surface area contributed by atoms with Crippen molar-refractivity contribution in [3.05, 3.63) is 41.1 Å². The Balaban J connectivity index is 1.74. The Morgan fingerprint density at radius 1 is 1.22 bits per heavy atom. The molecule has 0 unspecified atom stereocenters. The summed E-state index contributed by atoms with van der Waals surface area (Å²) in [5.41, 5.74) is 1.32. The van der Waals surface area contributed by atoms with Gasteiger partial charge in [-0.25, -0.2) is 14.2 Å². The summed E-state index contributed by atoms with van der Waals surface area (Å²) >= 11 is 0. The molecule has 1 aliphatic rings. The van der Waals surface area contributed by atoms with Gasteiger partial charge in [0.1, 0.15) is 6.33 Å². The van der Waals surface area contributed by atoms with Crippen molar-refractivity contribution in [2.24, 2.45) is 0 Å². The Morgan fingerprint density at radius 2 is 1.96 bits per heavy atom. The molecule has 0 saturated carbocycles. The van der Waals surface area contributed by atoms with Crippen LogP contribution in [0.25, 0.3) is 16.6 Å². The van der Waals surface area contributed by atoms with Gasteiger partial charge in [-0.05, 0) is 26.0 Å². The number of nitrogens with zero attached hydrogens (tertiary/aromatic N) is 5. The lowest BCUT2D eigenvalue weighted by Gasteiger charge is -2.34. The third kappa shape index (κ3) is 2.51. The molecule has 1 fully saturated rings. The van der Waals surface area contributed by atoms with Crippen LogP contribution in [0.2, 0.25) is 0 Å². The molecule has 0 radical (unpaired) electrons. The van der Waals surface area contributed by atoms with Crippen LogP contribution in [0.5, 0.6) is 0 Å². The van der Waals surface area contributed by atoms with Crippen molar-refractivity contribution in [1.29, 1.82) is 0 Å². The first-order valence-electron chi connectivity index (χ1n) is 7.82. The molecule has 0 amide bonds. The van der Waals surface area contributed by atoms with Crippen LogP contribution >= 0.6 is 0 Å². The summed E-state index contributed by atoms with van der Waals surface area (Å²) in [7, 11) is 0. The zero-order valence-electron chi connectivity index (χ0n) is 13.2. The Hall–Kier alpha value is -2.25. The van der Waals surface area contributed by atoms with Gasteiger partial charge in [0.15, 0.2) is 5.65 Å². The first-order chi connectivity index (χ1) is 11.1. The lowest BCUT2D eigenvalue weighted by atomic mass is 10.2. The summed E-state index contributed by atoms with van der Waals surface area (Å²) in [6.45, 7) is 6.15. The molecule has 1 aromatic carbocycles.